The van der Waals surface area contributed by atoms with Crippen molar-refractivity contribution in [2.45, 2.75) is 40.2 Å². The van der Waals surface area contributed by atoms with Gasteiger partial charge in [0.05, 0.1) is 13.2 Å². The van der Waals surface area contributed by atoms with Gasteiger partial charge in [-0.15, -0.1) is 0 Å². The smallest absolute Gasteiger partial charge is 0.124 e. The zero-order chi connectivity index (χ0) is 12.8. The van der Waals surface area contributed by atoms with Crippen LogP contribution >= 0.6 is 0 Å². The van der Waals surface area contributed by atoms with Crippen LogP contribution in [0.25, 0.3) is 0 Å². The van der Waals surface area contributed by atoms with Gasteiger partial charge in [-0.25, -0.2) is 0 Å². The third-order valence-electron chi connectivity index (χ3n) is 4.00. The molecular formula is C15H22O2. The minimum atomic E-state index is -0.340. The first-order chi connectivity index (χ1) is 7.86. The van der Waals surface area contributed by atoms with Crippen LogP contribution in [0.2, 0.25) is 0 Å². The van der Waals surface area contributed by atoms with E-state index in [0.717, 1.165) is 28.9 Å². The molecule has 1 saturated carbocycles. The molecule has 0 radical (unpaired) electrons. The summed E-state index contributed by atoms with van der Waals surface area (Å²) >= 11 is 0. The average Bonchev–Trinajstić information content (AvgIpc) is 2.86. The molecule has 0 aliphatic heterocycles. The predicted molar refractivity (Wildman–Crippen MR) is 69.3 cm³/mol. The van der Waals surface area contributed by atoms with E-state index in [-0.39, 0.29) is 6.10 Å². The number of methoxy groups -OCH3 is 1. The number of rotatable bonds is 3. The minimum absolute atomic E-state index is 0.293. The molecule has 1 aliphatic rings. The predicted octanol–water partition coefficient (Wildman–Crippen LogP) is 3.39. The van der Waals surface area contributed by atoms with Crippen LogP contribution in [-0.4, -0.2) is 12.2 Å². The summed E-state index contributed by atoms with van der Waals surface area (Å²) in [7, 11) is 1.69. The molecule has 1 N–H and O–H groups in total. The van der Waals surface area contributed by atoms with Crippen molar-refractivity contribution in [2.75, 3.05) is 7.11 Å². The highest BCUT2D eigenvalue weighted by molar-refractivity contribution is 5.44. The van der Waals surface area contributed by atoms with Gasteiger partial charge in [0.25, 0.3) is 0 Å². The molecule has 1 aromatic carbocycles. The van der Waals surface area contributed by atoms with Gasteiger partial charge in [-0.3, -0.25) is 0 Å². The van der Waals surface area contributed by atoms with E-state index in [1.165, 1.54) is 0 Å². The van der Waals surface area contributed by atoms with E-state index in [0.29, 0.717) is 11.3 Å². The molecule has 0 spiro atoms. The number of aliphatic hydroxyl groups excluding tert-OH is 1. The molecule has 0 amide bonds. The van der Waals surface area contributed by atoms with Gasteiger partial charge in [-0.1, -0.05) is 13.8 Å². The lowest BCUT2D eigenvalue weighted by atomic mass is 9.96. The second-order valence-electron chi connectivity index (χ2n) is 5.93. The first-order valence-corrected chi connectivity index (χ1v) is 6.20. The van der Waals surface area contributed by atoms with E-state index in [2.05, 4.69) is 13.8 Å². The Morgan fingerprint density at radius 1 is 1.29 bits per heavy atom. The van der Waals surface area contributed by atoms with Gasteiger partial charge >= 0.3 is 0 Å². The highest BCUT2D eigenvalue weighted by Crippen LogP contribution is 2.57. The Morgan fingerprint density at radius 2 is 1.76 bits per heavy atom. The average molecular weight is 234 g/mol. The molecule has 1 aromatic rings. The van der Waals surface area contributed by atoms with Crippen LogP contribution in [-0.2, 0) is 0 Å². The lowest BCUT2D eigenvalue weighted by Gasteiger charge is -2.16. The molecule has 2 unspecified atom stereocenters. The van der Waals surface area contributed by atoms with Gasteiger partial charge in [0, 0.05) is 0 Å². The minimum Gasteiger partial charge on any atom is -0.496 e. The molecule has 0 heterocycles. The Hall–Kier alpha value is -1.02. The highest BCUT2D eigenvalue weighted by atomic mass is 16.5. The highest BCUT2D eigenvalue weighted by Gasteiger charge is 2.50. The SMILES string of the molecule is COc1c(C)cc(C(O)C2CC2(C)C)cc1C. The van der Waals surface area contributed by atoms with Crippen LogP contribution < -0.4 is 4.74 Å². The number of aryl methyl sites for hydroxylation is 2. The third-order valence-corrected chi connectivity index (χ3v) is 4.00. The number of hydrogen-bond acceptors (Lipinski definition) is 2. The molecule has 1 aliphatic carbocycles. The van der Waals surface area contributed by atoms with Crippen LogP contribution in [0.5, 0.6) is 5.75 Å². The van der Waals surface area contributed by atoms with Crippen LogP contribution in [0.3, 0.4) is 0 Å². The Kier molecular flexibility index (Phi) is 2.94. The standard InChI is InChI=1S/C15H22O2/c1-9-6-11(7-10(2)14(9)17-5)13(16)12-8-15(12,3)4/h6-7,12-13,16H,8H2,1-5H3. The van der Waals surface area contributed by atoms with Crippen LogP contribution in [0.1, 0.15) is 43.1 Å². The maximum absolute atomic E-state index is 10.4. The van der Waals surface area contributed by atoms with Gasteiger partial charge in [0.2, 0.25) is 0 Å². The summed E-state index contributed by atoms with van der Waals surface area (Å²) in [5.74, 6) is 1.32. The number of hydrogen-bond donors (Lipinski definition) is 1. The zero-order valence-electron chi connectivity index (χ0n) is 11.4. The molecule has 0 saturated heterocycles. The molecular weight excluding hydrogens is 212 g/mol. The first-order valence-electron chi connectivity index (χ1n) is 6.20. The zero-order valence-corrected chi connectivity index (χ0v) is 11.4. The summed E-state index contributed by atoms with van der Waals surface area (Å²) in [5.41, 5.74) is 3.51. The van der Waals surface area contributed by atoms with Gasteiger partial charge in [0.1, 0.15) is 5.75 Å². The lowest BCUT2D eigenvalue weighted by Crippen LogP contribution is -2.06. The Morgan fingerprint density at radius 3 is 2.12 bits per heavy atom. The van der Waals surface area contributed by atoms with Crippen molar-refractivity contribution in [3.63, 3.8) is 0 Å². The lowest BCUT2D eigenvalue weighted by molar-refractivity contribution is 0.138. The maximum Gasteiger partial charge on any atom is 0.124 e. The Bertz CT molecular complexity index is 412. The number of aliphatic hydroxyl groups is 1. The first kappa shape index (κ1) is 12.4. The molecule has 2 nitrogen and oxygen atoms in total. The second kappa shape index (κ2) is 4.02. The molecule has 2 rings (SSSR count). The molecule has 1 fully saturated rings. The molecule has 94 valence electrons. The fourth-order valence-electron chi connectivity index (χ4n) is 2.76. The van der Waals surface area contributed by atoms with Crippen molar-refractivity contribution in [1.29, 1.82) is 0 Å². The maximum atomic E-state index is 10.4. The summed E-state index contributed by atoms with van der Waals surface area (Å²) in [6.45, 7) is 8.48. The van der Waals surface area contributed by atoms with Crippen LogP contribution in [0.4, 0.5) is 0 Å². The molecule has 2 atom stereocenters. The number of benzene rings is 1. The topological polar surface area (TPSA) is 29.5 Å². The van der Waals surface area contributed by atoms with Crippen molar-refractivity contribution < 1.29 is 9.84 Å². The normalized spacial score (nSPS) is 23.3. The van der Waals surface area contributed by atoms with Gasteiger partial charge < -0.3 is 9.84 Å². The van der Waals surface area contributed by atoms with E-state index < -0.39 is 0 Å². The van der Waals surface area contributed by atoms with E-state index in [4.69, 9.17) is 4.74 Å². The summed E-state index contributed by atoms with van der Waals surface area (Å²) < 4.78 is 5.35. The van der Waals surface area contributed by atoms with Crippen molar-refractivity contribution >= 4 is 0 Å². The summed E-state index contributed by atoms with van der Waals surface area (Å²) in [5, 5.41) is 10.4. The van der Waals surface area contributed by atoms with Crippen molar-refractivity contribution in [3.8, 4) is 5.75 Å². The molecule has 2 heteroatoms. The van der Waals surface area contributed by atoms with E-state index in [1.807, 2.05) is 26.0 Å². The Labute approximate surface area is 104 Å². The second-order valence-corrected chi connectivity index (χ2v) is 5.93. The van der Waals surface area contributed by atoms with Crippen molar-refractivity contribution in [3.05, 3.63) is 28.8 Å². The van der Waals surface area contributed by atoms with Crippen LogP contribution in [0, 0.1) is 25.2 Å². The molecule has 0 aromatic heterocycles. The van der Waals surface area contributed by atoms with E-state index in [9.17, 15) is 5.11 Å². The van der Waals surface area contributed by atoms with Gasteiger partial charge in [0.15, 0.2) is 0 Å². The fraction of sp³-hybridized carbons (Fsp3) is 0.600. The summed E-state index contributed by atoms with van der Waals surface area (Å²) in [6.07, 6.45) is 0.770. The Balaban J connectivity index is 2.28. The van der Waals surface area contributed by atoms with E-state index in [1.54, 1.807) is 7.11 Å². The van der Waals surface area contributed by atoms with E-state index >= 15 is 0 Å². The van der Waals surface area contributed by atoms with Crippen molar-refractivity contribution in [1.82, 2.24) is 0 Å². The van der Waals surface area contributed by atoms with Gasteiger partial charge in [-0.2, -0.15) is 0 Å². The monoisotopic (exact) mass is 234 g/mol. The molecule has 17 heavy (non-hydrogen) atoms. The summed E-state index contributed by atoms with van der Waals surface area (Å²) in [4.78, 5) is 0. The van der Waals surface area contributed by atoms with Gasteiger partial charge in [-0.05, 0) is 60.4 Å². The largest absolute Gasteiger partial charge is 0.496 e. The third kappa shape index (κ3) is 2.19. The number of ether oxygens (including phenoxy) is 1. The summed E-state index contributed by atoms with van der Waals surface area (Å²) in [6, 6.07) is 4.09. The van der Waals surface area contributed by atoms with Crippen molar-refractivity contribution in [2.24, 2.45) is 11.3 Å². The quantitative estimate of drug-likeness (QED) is 0.868. The van der Waals surface area contributed by atoms with Crippen LogP contribution in [0.15, 0.2) is 12.1 Å². The molecule has 0 bridgehead atoms. The fourth-order valence-corrected chi connectivity index (χ4v) is 2.76.